The topological polar surface area (TPSA) is 53.4 Å². The molecule has 0 spiro atoms. The summed E-state index contributed by atoms with van der Waals surface area (Å²) in [5, 5.41) is 10.3. The fraction of sp³-hybridized carbons (Fsp3) is 0.231. The molecule has 0 radical (unpaired) electrons. The number of fused-ring (bicyclic) bond motifs is 1. The van der Waals surface area contributed by atoms with E-state index in [2.05, 4.69) is 4.98 Å². The van der Waals surface area contributed by atoms with E-state index < -0.39 is 0 Å². The lowest BCUT2D eigenvalue weighted by atomic mass is 10.2. The van der Waals surface area contributed by atoms with Crippen LogP contribution in [-0.4, -0.2) is 41.1 Å². The molecule has 0 fully saturated rings. The first-order chi connectivity index (χ1) is 8.61. The van der Waals surface area contributed by atoms with Crippen LogP contribution in [0.15, 0.2) is 30.3 Å². The molecule has 0 saturated heterocycles. The SMILES string of the molecule is CN(CCO)C(=O)c1ccc2ccc(Cl)cc2n1. The van der Waals surface area contributed by atoms with Crippen LogP contribution >= 0.6 is 11.6 Å². The number of aromatic nitrogens is 1. The fourth-order valence-corrected chi connectivity index (χ4v) is 1.82. The summed E-state index contributed by atoms with van der Waals surface area (Å²) in [5.74, 6) is -0.217. The molecule has 1 heterocycles. The van der Waals surface area contributed by atoms with Crippen molar-refractivity contribution >= 4 is 28.4 Å². The van der Waals surface area contributed by atoms with E-state index in [0.717, 1.165) is 5.39 Å². The van der Waals surface area contributed by atoms with Gasteiger partial charge in [-0.05, 0) is 18.2 Å². The molecule has 2 rings (SSSR count). The lowest BCUT2D eigenvalue weighted by Crippen LogP contribution is -2.30. The van der Waals surface area contributed by atoms with Gasteiger partial charge in [-0.2, -0.15) is 0 Å². The van der Waals surface area contributed by atoms with Crippen molar-refractivity contribution in [2.75, 3.05) is 20.2 Å². The summed E-state index contributed by atoms with van der Waals surface area (Å²) in [5.41, 5.74) is 1.03. The summed E-state index contributed by atoms with van der Waals surface area (Å²) < 4.78 is 0. The van der Waals surface area contributed by atoms with Crippen LogP contribution in [0.25, 0.3) is 10.9 Å². The van der Waals surface area contributed by atoms with Gasteiger partial charge in [0, 0.05) is 24.0 Å². The Hall–Kier alpha value is -1.65. The van der Waals surface area contributed by atoms with Crippen molar-refractivity contribution in [1.82, 2.24) is 9.88 Å². The Balaban J connectivity index is 2.37. The Bertz CT molecular complexity index is 586. The Morgan fingerprint density at radius 2 is 2.11 bits per heavy atom. The van der Waals surface area contributed by atoms with E-state index in [9.17, 15) is 4.79 Å². The number of carbonyl (C=O) groups is 1. The van der Waals surface area contributed by atoms with E-state index >= 15 is 0 Å². The number of likely N-dealkylation sites (N-methyl/N-ethyl adjacent to an activating group) is 1. The molecule has 18 heavy (non-hydrogen) atoms. The summed E-state index contributed by atoms with van der Waals surface area (Å²) in [4.78, 5) is 17.7. The highest BCUT2D eigenvalue weighted by Gasteiger charge is 2.12. The molecule has 1 aromatic carbocycles. The standard InChI is InChI=1S/C13H13ClN2O2/c1-16(6-7-17)13(18)11-5-3-9-2-4-10(14)8-12(9)15-11/h2-5,8,17H,6-7H2,1H3. The van der Waals surface area contributed by atoms with Gasteiger partial charge in [0.25, 0.3) is 5.91 Å². The van der Waals surface area contributed by atoms with Gasteiger partial charge in [-0.1, -0.05) is 23.7 Å². The number of aliphatic hydroxyl groups is 1. The van der Waals surface area contributed by atoms with Gasteiger partial charge in [0.1, 0.15) is 5.69 Å². The zero-order valence-corrected chi connectivity index (χ0v) is 10.7. The van der Waals surface area contributed by atoms with Crippen LogP contribution in [0.2, 0.25) is 5.02 Å². The molecule has 0 atom stereocenters. The third-order valence-corrected chi connectivity index (χ3v) is 2.89. The summed E-state index contributed by atoms with van der Waals surface area (Å²) in [6, 6.07) is 8.87. The van der Waals surface area contributed by atoms with E-state index in [4.69, 9.17) is 16.7 Å². The van der Waals surface area contributed by atoms with E-state index in [-0.39, 0.29) is 19.1 Å². The van der Waals surface area contributed by atoms with Crippen molar-refractivity contribution in [3.05, 3.63) is 41.0 Å². The summed E-state index contributed by atoms with van der Waals surface area (Å²) >= 11 is 5.89. The van der Waals surface area contributed by atoms with Crippen LogP contribution in [0.4, 0.5) is 0 Å². The molecule has 5 heteroatoms. The Kier molecular flexibility index (Phi) is 3.79. The van der Waals surface area contributed by atoms with Crippen molar-refractivity contribution in [1.29, 1.82) is 0 Å². The molecule has 0 aliphatic heterocycles. The molecule has 0 bridgehead atoms. The first kappa shape index (κ1) is 12.8. The molecule has 0 unspecified atom stereocenters. The van der Waals surface area contributed by atoms with Gasteiger partial charge in [-0.3, -0.25) is 4.79 Å². The zero-order chi connectivity index (χ0) is 13.1. The summed E-state index contributed by atoms with van der Waals surface area (Å²) in [7, 11) is 1.63. The number of amides is 1. The fourth-order valence-electron chi connectivity index (χ4n) is 1.66. The first-order valence-corrected chi connectivity index (χ1v) is 5.92. The Labute approximate surface area is 110 Å². The molecule has 1 aromatic heterocycles. The lowest BCUT2D eigenvalue weighted by molar-refractivity contribution is 0.0761. The number of benzene rings is 1. The molecular weight excluding hydrogens is 252 g/mol. The summed E-state index contributed by atoms with van der Waals surface area (Å²) in [6.07, 6.45) is 0. The highest BCUT2D eigenvalue weighted by atomic mass is 35.5. The van der Waals surface area contributed by atoms with Crippen LogP contribution in [0.5, 0.6) is 0 Å². The highest BCUT2D eigenvalue weighted by molar-refractivity contribution is 6.31. The number of hydrogen-bond donors (Lipinski definition) is 1. The molecule has 2 aromatic rings. The molecule has 1 amide bonds. The monoisotopic (exact) mass is 264 g/mol. The van der Waals surface area contributed by atoms with Gasteiger partial charge in [0.15, 0.2) is 0 Å². The van der Waals surface area contributed by atoms with Crippen LogP contribution < -0.4 is 0 Å². The Morgan fingerprint density at radius 3 is 2.83 bits per heavy atom. The van der Waals surface area contributed by atoms with Gasteiger partial charge in [0.2, 0.25) is 0 Å². The average molecular weight is 265 g/mol. The van der Waals surface area contributed by atoms with E-state index in [1.165, 1.54) is 4.90 Å². The second-order valence-electron chi connectivity index (χ2n) is 3.98. The molecular formula is C13H13ClN2O2. The summed E-state index contributed by atoms with van der Waals surface area (Å²) in [6.45, 7) is 0.218. The number of carbonyl (C=O) groups excluding carboxylic acids is 1. The Morgan fingerprint density at radius 1 is 1.39 bits per heavy atom. The maximum absolute atomic E-state index is 12.0. The van der Waals surface area contributed by atoms with E-state index in [1.807, 2.05) is 12.1 Å². The van der Waals surface area contributed by atoms with Crippen molar-refractivity contribution in [2.24, 2.45) is 0 Å². The van der Waals surface area contributed by atoms with Gasteiger partial charge >= 0.3 is 0 Å². The van der Waals surface area contributed by atoms with Crippen molar-refractivity contribution in [2.45, 2.75) is 0 Å². The molecule has 94 valence electrons. The number of nitrogens with zero attached hydrogens (tertiary/aromatic N) is 2. The van der Waals surface area contributed by atoms with Gasteiger partial charge in [0.05, 0.1) is 12.1 Å². The lowest BCUT2D eigenvalue weighted by Gasteiger charge is -2.15. The van der Waals surface area contributed by atoms with Crippen molar-refractivity contribution < 1.29 is 9.90 Å². The van der Waals surface area contributed by atoms with Crippen LogP contribution in [0, 0.1) is 0 Å². The minimum Gasteiger partial charge on any atom is -0.395 e. The third kappa shape index (κ3) is 2.60. The predicted octanol–water partition coefficient (Wildman–Crippen LogP) is 1.95. The quantitative estimate of drug-likeness (QED) is 0.922. The molecule has 1 N–H and O–H groups in total. The van der Waals surface area contributed by atoms with Gasteiger partial charge < -0.3 is 10.0 Å². The second-order valence-corrected chi connectivity index (χ2v) is 4.42. The molecule has 0 saturated carbocycles. The minimum atomic E-state index is -0.217. The van der Waals surface area contributed by atoms with Crippen LogP contribution in [0.3, 0.4) is 0 Å². The average Bonchev–Trinajstić information content (AvgIpc) is 2.37. The zero-order valence-electron chi connectivity index (χ0n) is 9.93. The number of aliphatic hydroxyl groups excluding tert-OH is 1. The van der Waals surface area contributed by atoms with Gasteiger partial charge in [-0.25, -0.2) is 4.98 Å². The number of halogens is 1. The maximum Gasteiger partial charge on any atom is 0.272 e. The van der Waals surface area contributed by atoms with E-state index in [1.54, 1.807) is 25.2 Å². The van der Waals surface area contributed by atoms with Crippen LogP contribution in [0.1, 0.15) is 10.5 Å². The van der Waals surface area contributed by atoms with Crippen molar-refractivity contribution in [3.8, 4) is 0 Å². The molecule has 4 nitrogen and oxygen atoms in total. The maximum atomic E-state index is 12.0. The number of hydrogen-bond acceptors (Lipinski definition) is 3. The van der Waals surface area contributed by atoms with E-state index in [0.29, 0.717) is 16.2 Å². The van der Waals surface area contributed by atoms with Gasteiger partial charge in [-0.15, -0.1) is 0 Å². The molecule has 0 aliphatic carbocycles. The predicted molar refractivity (Wildman–Crippen MR) is 70.8 cm³/mol. The largest absolute Gasteiger partial charge is 0.395 e. The third-order valence-electron chi connectivity index (χ3n) is 2.66. The number of rotatable bonds is 3. The normalized spacial score (nSPS) is 10.6. The number of pyridine rings is 1. The molecule has 0 aliphatic rings. The smallest absolute Gasteiger partial charge is 0.272 e. The first-order valence-electron chi connectivity index (χ1n) is 5.54. The second kappa shape index (κ2) is 5.33. The minimum absolute atomic E-state index is 0.0678. The van der Waals surface area contributed by atoms with Crippen LogP contribution in [-0.2, 0) is 0 Å². The highest BCUT2D eigenvalue weighted by Crippen LogP contribution is 2.18. The van der Waals surface area contributed by atoms with Crippen molar-refractivity contribution in [3.63, 3.8) is 0 Å².